The van der Waals surface area contributed by atoms with Crippen LogP contribution < -0.4 is 5.32 Å². The van der Waals surface area contributed by atoms with Crippen LogP contribution in [0.2, 0.25) is 0 Å². The lowest BCUT2D eigenvalue weighted by Crippen LogP contribution is -2.39. The summed E-state index contributed by atoms with van der Waals surface area (Å²) in [5.41, 5.74) is -0.668. The lowest BCUT2D eigenvalue weighted by atomic mass is 9.85. The van der Waals surface area contributed by atoms with Crippen LogP contribution in [0.5, 0.6) is 0 Å². The van der Waals surface area contributed by atoms with Gasteiger partial charge in [0.25, 0.3) is 0 Å². The van der Waals surface area contributed by atoms with Crippen molar-refractivity contribution >= 4 is 15.8 Å². The Labute approximate surface area is 144 Å². The van der Waals surface area contributed by atoms with Crippen LogP contribution in [0.4, 0.5) is 5.82 Å². The summed E-state index contributed by atoms with van der Waals surface area (Å²) in [5.74, 6) is 0.603. The van der Waals surface area contributed by atoms with Crippen LogP contribution in [0.3, 0.4) is 0 Å². The molecule has 1 aliphatic heterocycles. The van der Waals surface area contributed by atoms with Crippen LogP contribution in [-0.2, 0) is 10.0 Å². The van der Waals surface area contributed by atoms with Gasteiger partial charge in [0.15, 0.2) is 0 Å². The minimum atomic E-state index is -3.43. The van der Waals surface area contributed by atoms with Crippen LogP contribution in [0, 0.1) is 0 Å². The number of nitrogens with one attached hydrogen (secondary N) is 1. The molecule has 2 fully saturated rings. The number of rotatable bonds is 5. The lowest BCUT2D eigenvalue weighted by molar-refractivity contribution is 0.0166. The molecule has 0 spiro atoms. The van der Waals surface area contributed by atoms with Gasteiger partial charge in [-0.3, -0.25) is 0 Å². The molecule has 7 heteroatoms. The van der Waals surface area contributed by atoms with Crippen molar-refractivity contribution in [3.63, 3.8) is 0 Å². The first kappa shape index (κ1) is 17.6. The molecule has 2 aliphatic rings. The smallest absolute Gasteiger partial charge is 0.244 e. The highest BCUT2D eigenvalue weighted by atomic mass is 32.2. The van der Waals surface area contributed by atoms with Gasteiger partial charge in [0.1, 0.15) is 10.7 Å². The quantitative estimate of drug-likeness (QED) is 0.849. The van der Waals surface area contributed by atoms with E-state index in [4.69, 9.17) is 0 Å². The molecule has 2 heterocycles. The minimum Gasteiger partial charge on any atom is -0.388 e. The van der Waals surface area contributed by atoms with Gasteiger partial charge in [0.05, 0.1) is 5.60 Å². The van der Waals surface area contributed by atoms with Crippen molar-refractivity contribution in [3.05, 3.63) is 18.3 Å². The maximum absolute atomic E-state index is 12.6. The monoisotopic (exact) mass is 353 g/mol. The summed E-state index contributed by atoms with van der Waals surface area (Å²) in [7, 11) is -3.43. The number of hydrogen-bond donors (Lipinski definition) is 2. The molecule has 1 aromatic rings. The van der Waals surface area contributed by atoms with E-state index in [1.165, 1.54) is 12.6 Å². The van der Waals surface area contributed by atoms with E-state index in [1.807, 2.05) is 0 Å². The third-order valence-corrected chi connectivity index (χ3v) is 6.95. The lowest BCUT2D eigenvalue weighted by Gasteiger charge is -2.32. The molecular weight excluding hydrogens is 326 g/mol. The fraction of sp³-hybridized carbons (Fsp3) is 0.706. The number of pyridine rings is 1. The number of hydrogen-bond acceptors (Lipinski definition) is 5. The summed E-state index contributed by atoms with van der Waals surface area (Å²) in [4.78, 5) is 4.47. The summed E-state index contributed by atoms with van der Waals surface area (Å²) in [5, 5.41) is 13.6. The Balaban J connectivity index is 1.62. The highest BCUT2D eigenvalue weighted by molar-refractivity contribution is 7.89. The first-order valence-corrected chi connectivity index (χ1v) is 10.4. The van der Waals surface area contributed by atoms with Gasteiger partial charge in [-0.2, -0.15) is 4.31 Å². The zero-order chi connectivity index (χ0) is 17.0. The highest BCUT2D eigenvalue weighted by Crippen LogP contribution is 2.28. The Morgan fingerprint density at radius 1 is 1.08 bits per heavy atom. The second-order valence-corrected chi connectivity index (χ2v) is 8.92. The molecule has 24 heavy (non-hydrogen) atoms. The largest absolute Gasteiger partial charge is 0.388 e. The number of aliphatic hydroxyl groups is 1. The molecule has 3 rings (SSSR count). The van der Waals surface area contributed by atoms with Gasteiger partial charge in [0, 0.05) is 25.8 Å². The summed E-state index contributed by atoms with van der Waals surface area (Å²) in [6.45, 7) is 1.64. The molecule has 6 nitrogen and oxygen atoms in total. The number of anilines is 1. The van der Waals surface area contributed by atoms with Gasteiger partial charge in [0.2, 0.25) is 10.0 Å². The number of aromatic nitrogens is 1. The summed E-state index contributed by atoms with van der Waals surface area (Å²) in [6, 6.07) is 3.28. The number of piperidine rings is 1. The van der Waals surface area contributed by atoms with Crippen LogP contribution >= 0.6 is 0 Å². The molecule has 1 aliphatic carbocycles. The van der Waals surface area contributed by atoms with E-state index in [1.54, 1.807) is 16.4 Å². The maximum Gasteiger partial charge on any atom is 0.244 e. The van der Waals surface area contributed by atoms with Gasteiger partial charge in [-0.05, 0) is 37.8 Å². The van der Waals surface area contributed by atoms with Crippen molar-refractivity contribution in [1.29, 1.82) is 0 Å². The van der Waals surface area contributed by atoms with Crippen LogP contribution in [0.1, 0.15) is 51.4 Å². The Morgan fingerprint density at radius 2 is 1.75 bits per heavy atom. The summed E-state index contributed by atoms with van der Waals surface area (Å²) < 4.78 is 26.7. The predicted octanol–water partition coefficient (Wildman–Crippen LogP) is 2.36. The molecule has 134 valence electrons. The molecule has 1 saturated heterocycles. The van der Waals surface area contributed by atoms with Crippen LogP contribution in [0.25, 0.3) is 0 Å². The zero-order valence-electron chi connectivity index (χ0n) is 14.1. The van der Waals surface area contributed by atoms with E-state index >= 15 is 0 Å². The maximum atomic E-state index is 12.6. The number of nitrogens with zero attached hydrogens (tertiary/aromatic N) is 2. The fourth-order valence-electron chi connectivity index (χ4n) is 3.53. The van der Waals surface area contributed by atoms with Gasteiger partial charge < -0.3 is 10.4 Å². The fourth-order valence-corrected chi connectivity index (χ4v) is 5.00. The summed E-state index contributed by atoms with van der Waals surface area (Å²) in [6.07, 6.45) is 9.26. The number of sulfonamides is 1. The van der Waals surface area contributed by atoms with Gasteiger partial charge in [-0.25, -0.2) is 13.4 Å². The Kier molecular flexibility index (Phi) is 5.42. The van der Waals surface area contributed by atoms with E-state index in [2.05, 4.69) is 10.3 Å². The third kappa shape index (κ3) is 4.07. The Bertz CT molecular complexity index is 634. The standard InChI is InChI=1S/C17H27N3O3S/c21-17(9-3-1-4-10-17)14-19-16-8-7-15(13-18-16)24(22,23)20-11-5-2-6-12-20/h7-8,13,21H,1-6,9-12,14H2,(H,18,19). The SMILES string of the molecule is O=S(=O)(c1ccc(NCC2(O)CCCCC2)nc1)N1CCCCC1. The second-order valence-electron chi connectivity index (χ2n) is 6.98. The zero-order valence-corrected chi connectivity index (χ0v) is 14.9. The van der Waals surface area contributed by atoms with Crippen LogP contribution in [0.15, 0.2) is 23.2 Å². The first-order chi connectivity index (χ1) is 11.5. The average molecular weight is 353 g/mol. The van der Waals surface area contributed by atoms with Crippen molar-refractivity contribution in [3.8, 4) is 0 Å². The molecule has 0 unspecified atom stereocenters. The van der Waals surface area contributed by atoms with E-state index in [0.29, 0.717) is 25.5 Å². The van der Waals surface area contributed by atoms with Crippen molar-refractivity contribution in [2.24, 2.45) is 0 Å². The predicted molar refractivity (Wildman–Crippen MR) is 93.4 cm³/mol. The molecule has 0 atom stereocenters. The topological polar surface area (TPSA) is 82.5 Å². The first-order valence-electron chi connectivity index (χ1n) is 8.92. The average Bonchev–Trinajstić information content (AvgIpc) is 2.62. The van der Waals surface area contributed by atoms with Crippen LogP contribution in [-0.4, -0.2) is 48.0 Å². The molecule has 1 saturated carbocycles. The third-order valence-electron chi connectivity index (χ3n) is 5.07. The molecule has 0 aromatic carbocycles. The van der Waals surface area contributed by atoms with E-state index in [0.717, 1.165) is 44.9 Å². The normalized spacial score (nSPS) is 22.2. The molecular formula is C17H27N3O3S. The molecule has 0 radical (unpaired) electrons. The summed E-state index contributed by atoms with van der Waals surface area (Å²) >= 11 is 0. The Morgan fingerprint density at radius 3 is 2.38 bits per heavy atom. The van der Waals surface area contributed by atoms with Gasteiger partial charge in [-0.1, -0.05) is 25.7 Å². The van der Waals surface area contributed by atoms with Crippen molar-refractivity contribution in [2.75, 3.05) is 25.0 Å². The van der Waals surface area contributed by atoms with Crippen molar-refractivity contribution in [2.45, 2.75) is 61.9 Å². The molecule has 2 N–H and O–H groups in total. The van der Waals surface area contributed by atoms with Crippen molar-refractivity contribution in [1.82, 2.24) is 9.29 Å². The van der Waals surface area contributed by atoms with E-state index in [-0.39, 0.29) is 4.90 Å². The second kappa shape index (κ2) is 7.37. The van der Waals surface area contributed by atoms with E-state index < -0.39 is 15.6 Å². The van der Waals surface area contributed by atoms with E-state index in [9.17, 15) is 13.5 Å². The van der Waals surface area contributed by atoms with Crippen molar-refractivity contribution < 1.29 is 13.5 Å². The minimum absolute atomic E-state index is 0.242. The molecule has 0 amide bonds. The highest BCUT2D eigenvalue weighted by Gasteiger charge is 2.29. The van der Waals surface area contributed by atoms with Gasteiger partial charge in [-0.15, -0.1) is 0 Å². The van der Waals surface area contributed by atoms with Gasteiger partial charge >= 0.3 is 0 Å². The molecule has 0 bridgehead atoms. The molecule has 1 aromatic heterocycles. The Hall–Kier alpha value is -1.18.